The smallest absolute Gasteiger partial charge is 0.248 e. The first kappa shape index (κ1) is 17.0. The van der Waals surface area contributed by atoms with Gasteiger partial charge < -0.3 is 4.98 Å². The number of aliphatic imine (C=N–C) groups is 1. The first-order chi connectivity index (χ1) is 12.6. The quantitative estimate of drug-likeness (QED) is 0.613. The van der Waals surface area contributed by atoms with Gasteiger partial charge in [-0.15, -0.1) is 11.3 Å². The van der Waals surface area contributed by atoms with Crippen molar-refractivity contribution in [1.82, 2.24) is 4.98 Å². The lowest BCUT2D eigenvalue weighted by Gasteiger charge is -2.45. The van der Waals surface area contributed by atoms with Crippen LogP contribution >= 0.6 is 11.3 Å². The predicted molar refractivity (Wildman–Crippen MR) is 110 cm³/mol. The zero-order valence-electron chi connectivity index (χ0n) is 15.0. The fourth-order valence-electron chi connectivity index (χ4n) is 4.35. The monoisotopic (exact) mass is 362 g/mol. The first-order valence-corrected chi connectivity index (χ1v) is 9.82. The number of H-pyrrole nitrogens is 1. The molecule has 2 aliphatic rings. The van der Waals surface area contributed by atoms with Crippen LogP contribution in [0.3, 0.4) is 0 Å². The van der Waals surface area contributed by atoms with Crippen LogP contribution in [-0.4, -0.2) is 11.2 Å². The average Bonchev–Trinajstić information content (AvgIpc) is 3.11. The Labute approximate surface area is 157 Å². The maximum atomic E-state index is 11.8. The molecule has 0 amide bonds. The SMILES string of the molecule is CC=C1[C@H]2C=C(C)C[C@]1(N=CC=Cc1cccs1)c1ccc(=O)[nH]c1C2. The molecule has 26 heavy (non-hydrogen) atoms. The predicted octanol–water partition coefficient (Wildman–Crippen LogP) is 4.88. The topological polar surface area (TPSA) is 45.2 Å². The van der Waals surface area contributed by atoms with Gasteiger partial charge in [-0.05, 0) is 55.5 Å². The van der Waals surface area contributed by atoms with Gasteiger partial charge in [-0.25, -0.2) is 0 Å². The highest BCUT2D eigenvalue weighted by molar-refractivity contribution is 7.10. The highest BCUT2D eigenvalue weighted by Gasteiger charge is 2.46. The molecule has 2 heterocycles. The zero-order valence-corrected chi connectivity index (χ0v) is 15.8. The van der Waals surface area contributed by atoms with Crippen LogP contribution < -0.4 is 5.56 Å². The molecule has 0 fully saturated rings. The third kappa shape index (κ3) is 2.84. The molecule has 0 aromatic carbocycles. The minimum Gasteiger partial charge on any atom is -0.326 e. The first-order valence-electron chi connectivity index (χ1n) is 8.94. The van der Waals surface area contributed by atoms with Gasteiger partial charge in [-0.3, -0.25) is 9.79 Å². The summed E-state index contributed by atoms with van der Waals surface area (Å²) in [5.74, 6) is 0.303. The lowest BCUT2D eigenvalue weighted by Crippen LogP contribution is -2.40. The Morgan fingerprint density at radius 3 is 3.00 bits per heavy atom. The molecule has 4 rings (SSSR count). The molecule has 1 N–H and O–H groups in total. The van der Waals surface area contributed by atoms with Gasteiger partial charge in [0.25, 0.3) is 0 Å². The third-order valence-electron chi connectivity index (χ3n) is 5.26. The Morgan fingerprint density at radius 2 is 2.23 bits per heavy atom. The Morgan fingerprint density at radius 1 is 1.35 bits per heavy atom. The van der Waals surface area contributed by atoms with E-state index < -0.39 is 5.54 Å². The van der Waals surface area contributed by atoms with E-state index in [1.54, 1.807) is 17.4 Å². The second kappa shape index (κ2) is 6.69. The van der Waals surface area contributed by atoms with Gasteiger partial charge in [0, 0.05) is 40.8 Å². The number of thiophene rings is 1. The van der Waals surface area contributed by atoms with Gasteiger partial charge in [0.2, 0.25) is 5.56 Å². The molecule has 2 bridgehead atoms. The fourth-order valence-corrected chi connectivity index (χ4v) is 4.98. The van der Waals surface area contributed by atoms with Gasteiger partial charge >= 0.3 is 0 Å². The molecule has 4 heteroatoms. The maximum Gasteiger partial charge on any atom is 0.248 e. The molecule has 2 aromatic rings. The number of hydrogen-bond acceptors (Lipinski definition) is 3. The molecule has 2 aromatic heterocycles. The zero-order chi connectivity index (χ0) is 18.1. The van der Waals surface area contributed by atoms with Crippen molar-refractivity contribution in [3.05, 3.63) is 85.5 Å². The molecule has 0 unspecified atom stereocenters. The highest BCUT2D eigenvalue weighted by Crippen LogP contribution is 2.51. The van der Waals surface area contributed by atoms with Gasteiger partial charge in [-0.1, -0.05) is 23.8 Å². The van der Waals surface area contributed by atoms with Gasteiger partial charge in [-0.2, -0.15) is 0 Å². The summed E-state index contributed by atoms with van der Waals surface area (Å²) in [6, 6.07) is 7.73. The summed E-state index contributed by atoms with van der Waals surface area (Å²) in [5.41, 5.74) is 4.41. The van der Waals surface area contributed by atoms with Crippen LogP contribution in [0.15, 0.2) is 68.8 Å². The normalized spacial score (nSPS) is 26.5. The lowest BCUT2D eigenvalue weighted by molar-refractivity contribution is 0.413. The number of nitrogens with one attached hydrogen (secondary N) is 1. The van der Waals surface area contributed by atoms with Crippen molar-refractivity contribution >= 4 is 23.6 Å². The summed E-state index contributed by atoms with van der Waals surface area (Å²) < 4.78 is 0. The van der Waals surface area contributed by atoms with Crippen molar-refractivity contribution in [2.24, 2.45) is 10.9 Å². The number of aromatic nitrogens is 1. The maximum absolute atomic E-state index is 11.8. The van der Waals surface area contributed by atoms with Crippen molar-refractivity contribution in [3.63, 3.8) is 0 Å². The van der Waals surface area contributed by atoms with Gasteiger partial charge in [0.1, 0.15) is 5.54 Å². The summed E-state index contributed by atoms with van der Waals surface area (Å²) in [7, 11) is 0. The fraction of sp³-hybridized carbons (Fsp3) is 0.273. The molecule has 0 saturated heterocycles. The number of hydrogen-bond donors (Lipinski definition) is 1. The van der Waals surface area contributed by atoms with Crippen LogP contribution in [0.1, 0.15) is 36.4 Å². The van der Waals surface area contributed by atoms with E-state index >= 15 is 0 Å². The highest BCUT2D eigenvalue weighted by atomic mass is 32.1. The molecule has 3 nitrogen and oxygen atoms in total. The number of fused-ring (bicyclic) bond motifs is 4. The Bertz CT molecular complexity index is 991. The van der Waals surface area contributed by atoms with Crippen LogP contribution in [0, 0.1) is 5.92 Å². The summed E-state index contributed by atoms with van der Waals surface area (Å²) in [4.78, 5) is 21.2. The molecule has 0 saturated carbocycles. The Balaban J connectivity index is 1.81. The van der Waals surface area contributed by atoms with Crippen LogP contribution in [0.4, 0.5) is 0 Å². The van der Waals surface area contributed by atoms with Crippen molar-refractivity contribution in [3.8, 4) is 0 Å². The van der Waals surface area contributed by atoms with Crippen molar-refractivity contribution < 1.29 is 0 Å². The van der Waals surface area contributed by atoms with E-state index in [1.165, 1.54) is 16.0 Å². The average molecular weight is 362 g/mol. The minimum absolute atomic E-state index is 0.0387. The molecule has 0 aliphatic heterocycles. The van der Waals surface area contributed by atoms with Gasteiger partial charge in [0.05, 0.1) is 0 Å². The molecule has 132 valence electrons. The van der Waals surface area contributed by atoms with Crippen molar-refractivity contribution in [2.45, 2.75) is 32.2 Å². The summed E-state index contributed by atoms with van der Waals surface area (Å²) in [6.45, 7) is 4.28. The van der Waals surface area contributed by atoms with E-state index in [4.69, 9.17) is 4.99 Å². The molecular weight excluding hydrogens is 340 g/mol. The molecular formula is C22H22N2OS. The van der Waals surface area contributed by atoms with E-state index in [-0.39, 0.29) is 5.56 Å². The number of rotatable bonds is 3. The molecule has 0 spiro atoms. The van der Waals surface area contributed by atoms with Crippen molar-refractivity contribution in [2.75, 3.05) is 0 Å². The second-order valence-corrected chi connectivity index (χ2v) is 7.95. The van der Waals surface area contributed by atoms with Gasteiger partial charge in [0.15, 0.2) is 0 Å². The number of pyridine rings is 1. The summed E-state index contributed by atoms with van der Waals surface area (Å²) in [6.07, 6.45) is 12.2. The number of nitrogens with zero attached hydrogens (tertiary/aromatic N) is 1. The van der Waals surface area contributed by atoms with Crippen LogP contribution in [0.25, 0.3) is 6.08 Å². The lowest BCUT2D eigenvalue weighted by atomic mass is 9.63. The Kier molecular flexibility index (Phi) is 4.37. The van der Waals surface area contributed by atoms with E-state index in [9.17, 15) is 4.79 Å². The standard InChI is InChI=1S/C22H22N2OS/c1-3-18-16-12-15(2)14-22(18,19-8-9-21(25)24-20(19)13-16)23-10-4-6-17-7-5-11-26-17/h3-12,16H,13-14H2,1-2H3,(H,24,25)/t16-,22+/m0/s1. The number of aromatic amines is 1. The largest absolute Gasteiger partial charge is 0.326 e. The summed E-state index contributed by atoms with van der Waals surface area (Å²) in [5, 5.41) is 2.07. The third-order valence-corrected chi connectivity index (χ3v) is 6.10. The molecule has 0 radical (unpaired) electrons. The minimum atomic E-state index is -0.407. The van der Waals surface area contributed by atoms with Crippen LogP contribution in [0.2, 0.25) is 0 Å². The molecule has 2 atom stereocenters. The second-order valence-electron chi connectivity index (χ2n) is 6.97. The van der Waals surface area contributed by atoms with Crippen molar-refractivity contribution in [1.29, 1.82) is 0 Å². The van der Waals surface area contributed by atoms with Crippen LogP contribution in [0.5, 0.6) is 0 Å². The van der Waals surface area contributed by atoms with E-state index in [0.29, 0.717) is 5.92 Å². The van der Waals surface area contributed by atoms with E-state index in [2.05, 4.69) is 48.5 Å². The van der Waals surface area contributed by atoms with E-state index in [1.807, 2.05) is 24.4 Å². The summed E-state index contributed by atoms with van der Waals surface area (Å²) >= 11 is 1.71. The molecule has 2 aliphatic carbocycles. The van der Waals surface area contributed by atoms with E-state index in [0.717, 1.165) is 24.1 Å². The Hall–Kier alpha value is -2.46. The number of allylic oxidation sites excluding steroid dienone is 3. The van der Waals surface area contributed by atoms with Crippen LogP contribution in [-0.2, 0) is 12.0 Å².